The van der Waals surface area contributed by atoms with E-state index in [2.05, 4.69) is 26.6 Å². The number of hydrogen-bond donors (Lipinski definition) is 14. The van der Waals surface area contributed by atoms with Crippen LogP contribution in [0.2, 0.25) is 0 Å². The fraction of sp³-hybridized carbons (Fsp3) is 0.896. The minimum absolute atomic E-state index is 0.0949. The van der Waals surface area contributed by atoms with Crippen LogP contribution in [0.4, 0.5) is 0 Å². The molecule has 0 spiro atoms. The molecule has 0 bridgehead atoms. The van der Waals surface area contributed by atoms with Gasteiger partial charge < -0.3 is 106 Å². The third-order valence-corrected chi connectivity index (χ3v) is 17.9. The Labute approximate surface area is 562 Å². The van der Waals surface area contributed by atoms with Crippen LogP contribution in [0.15, 0.2) is 0 Å². The van der Waals surface area contributed by atoms with E-state index in [1.54, 1.807) is 21.0 Å². The molecule has 28 heteroatoms. The van der Waals surface area contributed by atoms with Crippen LogP contribution in [0.5, 0.6) is 0 Å². The van der Waals surface area contributed by atoms with Crippen LogP contribution in [-0.4, -0.2) is 246 Å². The first kappa shape index (κ1) is 85.3. The Balaban J connectivity index is 1.57. The summed E-state index contributed by atoms with van der Waals surface area (Å²) >= 11 is 0. The van der Waals surface area contributed by atoms with Gasteiger partial charge in [-0.1, -0.05) is 65.2 Å². The summed E-state index contributed by atoms with van der Waals surface area (Å²) in [4.78, 5) is 92.0. The lowest BCUT2D eigenvalue weighted by Gasteiger charge is -2.42. The van der Waals surface area contributed by atoms with Gasteiger partial charge in [0.1, 0.15) is 54.6 Å². The van der Waals surface area contributed by atoms with Crippen LogP contribution in [0, 0.1) is 17.8 Å². The van der Waals surface area contributed by atoms with Gasteiger partial charge in [0.05, 0.1) is 38.1 Å². The molecule has 14 N–H and O–H groups in total. The number of ketones is 2. The van der Waals surface area contributed by atoms with Gasteiger partial charge in [0.15, 0.2) is 24.7 Å². The van der Waals surface area contributed by atoms with Crippen molar-refractivity contribution in [1.29, 1.82) is 0 Å². The number of carbonyl (C=O) groups excluding carboxylic acids is 7. The van der Waals surface area contributed by atoms with Gasteiger partial charge in [0, 0.05) is 116 Å². The summed E-state index contributed by atoms with van der Waals surface area (Å²) in [6, 6.07) is -1.99. The second-order valence-corrected chi connectivity index (χ2v) is 25.9. The van der Waals surface area contributed by atoms with Crippen molar-refractivity contribution in [3.8, 4) is 0 Å². The molecule has 0 aromatic rings. The number of aliphatic hydroxyl groups is 9. The largest absolute Gasteiger partial charge is 0.394 e. The molecule has 0 aromatic heterocycles. The minimum Gasteiger partial charge on any atom is -0.394 e. The quantitative estimate of drug-likeness (QED) is 0.0385. The smallest absolute Gasteiger partial charge is 0.223 e. The molecule has 3 aliphatic rings. The van der Waals surface area contributed by atoms with E-state index in [0.717, 1.165) is 45.1 Å². The summed E-state index contributed by atoms with van der Waals surface area (Å²) in [6.45, 7) is 5.51. The Morgan fingerprint density at radius 1 is 0.432 bits per heavy atom. The second kappa shape index (κ2) is 50.4. The first-order valence-electron chi connectivity index (χ1n) is 35.3. The maximum Gasteiger partial charge on any atom is 0.223 e. The van der Waals surface area contributed by atoms with Crippen molar-refractivity contribution in [2.75, 3.05) is 73.0 Å². The Bertz CT molecular complexity index is 2130. The lowest BCUT2D eigenvalue weighted by Crippen LogP contribution is -2.64. The number of nitrogens with one attached hydrogen (secondary N) is 5. The van der Waals surface area contributed by atoms with E-state index < -0.39 is 129 Å². The van der Waals surface area contributed by atoms with E-state index in [9.17, 15) is 79.5 Å². The highest BCUT2D eigenvalue weighted by atomic mass is 16.7. The summed E-state index contributed by atoms with van der Waals surface area (Å²) in [5.74, 6) is -3.36. The first-order chi connectivity index (χ1) is 45.7. The van der Waals surface area contributed by atoms with Crippen molar-refractivity contribution in [2.24, 2.45) is 17.8 Å². The number of Topliss-reactive ketones (excluding diaryl/α,β-unsaturated/α-hetero) is 2. The summed E-state index contributed by atoms with van der Waals surface area (Å²) in [5, 5.41) is 105. The number of ether oxygens (including phenoxy) is 7. The van der Waals surface area contributed by atoms with Gasteiger partial charge in [-0.3, -0.25) is 33.6 Å². The van der Waals surface area contributed by atoms with E-state index >= 15 is 0 Å². The van der Waals surface area contributed by atoms with E-state index in [1.807, 2.05) is 0 Å². The zero-order valence-corrected chi connectivity index (χ0v) is 57.1. The number of amides is 5. The van der Waals surface area contributed by atoms with E-state index in [1.165, 1.54) is 6.92 Å². The maximum atomic E-state index is 14.4. The van der Waals surface area contributed by atoms with E-state index in [4.69, 9.17) is 33.2 Å². The minimum atomic E-state index is -1.43. The molecule has 3 fully saturated rings. The Morgan fingerprint density at radius 2 is 0.821 bits per heavy atom. The average molecular weight is 1360 g/mol. The molecule has 0 aromatic carbocycles. The van der Waals surface area contributed by atoms with Crippen molar-refractivity contribution in [3.63, 3.8) is 0 Å². The van der Waals surface area contributed by atoms with Gasteiger partial charge >= 0.3 is 0 Å². The lowest BCUT2D eigenvalue weighted by atomic mass is 9.91. The first-order valence-corrected chi connectivity index (χ1v) is 35.3. The third kappa shape index (κ3) is 34.1. The normalized spacial score (nSPS) is 26.7. The van der Waals surface area contributed by atoms with Crippen molar-refractivity contribution in [2.45, 2.75) is 293 Å². The Hall–Kier alpha value is -3.95. The second-order valence-electron chi connectivity index (χ2n) is 25.9. The Morgan fingerprint density at radius 3 is 1.32 bits per heavy atom. The number of hydrogen-bond acceptors (Lipinski definition) is 23. The van der Waals surface area contributed by atoms with Crippen LogP contribution < -0.4 is 26.6 Å². The number of rotatable bonds is 54. The van der Waals surface area contributed by atoms with Gasteiger partial charge in [-0.2, -0.15) is 0 Å². The highest BCUT2D eigenvalue weighted by Crippen LogP contribution is 2.29. The van der Waals surface area contributed by atoms with Gasteiger partial charge in [-0.25, -0.2) is 0 Å². The fourth-order valence-corrected chi connectivity index (χ4v) is 11.8. The molecule has 8 unspecified atom stereocenters. The predicted octanol–water partition coefficient (Wildman–Crippen LogP) is 1.68. The molecule has 0 radical (unpaired) electrons. The molecule has 3 saturated heterocycles. The predicted molar refractivity (Wildman–Crippen MR) is 347 cm³/mol. The number of methoxy groups -OCH3 is 1. The standard InChI is InChI=1S/C67H121N5O23/c1-44-58(82)60(84)51(41-73)93-65(44)90-37-23-9-14-30-55(80)69-34-21-18-29-49(72-56(81)32-16-11-24-38-91-66-45(2)59(83)61(85)52(42-74)94-66)50(78)40-47(64(88)70-35-19-8-13-28-48(77)27-12-6-5-7-22-36-89-4)26-17-20-33-68-54(79)31-15-10-25-39-92-67-57(71-46(3)76)63(87)62(86)53(43-75)95-67/h44-45,47,49,51-53,57-63,65-67,73-75,82-87H,5-43H2,1-4H3,(H,68,79)(H,69,80)(H,70,88)(H,71,76)(H,72,81)/t44-,45-,47?,49?,51?,52?,53?,57-,58?,59?,60-,61-,62-,63?,65+,66+,67+/m0/s1. The molecule has 17 atom stereocenters. The monoisotopic (exact) mass is 1360 g/mol. The van der Waals surface area contributed by atoms with Crippen molar-refractivity contribution < 1.29 is 113 Å². The third-order valence-electron chi connectivity index (χ3n) is 17.9. The van der Waals surface area contributed by atoms with Crippen LogP contribution in [0.3, 0.4) is 0 Å². The molecule has 5 amide bonds. The highest BCUT2D eigenvalue weighted by molar-refractivity contribution is 5.92. The summed E-state index contributed by atoms with van der Waals surface area (Å²) in [7, 11) is 1.69. The van der Waals surface area contributed by atoms with Crippen LogP contribution in [0.1, 0.15) is 207 Å². The van der Waals surface area contributed by atoms with Crippen molar-refractivity contribution in [1.82, 2.24) is 26.6 Å². The number of aliphatic hydroxyl groups excluding tert-OH is 9. The van der Waals surface area contributed by atoms with Crippen LogP contribution >= 0.6 is 0 Å². The van der Waals surface area contributed by atoms with Crippen molar-refractivity contribution in [3.05, 3.63) is 0 Å². The molecule has 552 valence electrons. The highest BCUT2D eigenvalue weighted by Gasteiger charge is 2.46. The van der Waals surface area contributed by atoms with Gasteiger partial charge in [-0.05, 0) is 96.3 Å². The molecule has 3 heterocycles. The van der Waals surface area contributed by atoms with Gasteiger partial charge in [-0.15, -0.1) is 0 Å². The zero-order valence-electron chi connectivity index (χ0n) is 57.1. The molecule has 3 aliphatic heterocycles. The maximum absolute atomic E-state index is 14.4. The Kier molecular flexibility index (Phi) is 45.2. The van der Waals surface area contributed by atoms with E-state index in [-0.39, 0.29) is 80.5 Å². The molecular weight excluding hydrogens is 1240 g/mol. The SMILES string of the molecule is COCCCCCCCC(=O)CCCCCNC(=O)C(CCCCNC(=O)CCCCCO[C@@H]1OC(CO)[C@H](O)C(O)[C@@H]1NC(C)=O)CC(=O)C(CCCCNC(=O)CCCCCO[C@@H]1OC(CO)[C@H](O)C(O)[C@@H]1C)NC(=O)CCCCCO[C@@H]1OC(CO)[C@H](O)C(O)[C@@H]1C. The molecule has 3 rings (SSSR count). The van der Waals surface area contributed by atoms with Gasteiger partial charge in [0.2, 0.25) is 29.5 Å². The molecule has 0 aliphatic carbocycles. The summed E-state index contributed by atoms with van der Waals surface area (Å²) < 4.78 is 39.4. The van der Waals surface area contributed by atoms with Crippen LogP contribution in [0.25, 0.3) is 0 Å². The molecule has 95 heavy (non-hydrogen) atoms. The summed E-state index contributed by atoms with van der Waals surface area (Å²) in [5.41, 5.74) is 0. The lowest BCUT2D eigenvalue weighted by molar-refractivity contribution is -0.282. The molecule has 28 nitrogen and oxygen atoms in total. The van der Waals surface area contributed by atoms with Gasteiger partial charge in [0.25, 0.3) is 0 Å². The average Bonchev–Trinajstić information content (AvgIpc) is 0.900. The van der Waals surface area contributed by atoms with Crippen LogP contribution in [-0.2, 0) is 66.7 Å². The number of carbonyl (C=O) groups is 7. The molecule has 0 saturated carbocycles. The topological polar surface area (TPSA) is 426 Å². The molecular formula is C67H121N5O23. The fourth-order valence-electron chi connectivity index (χ4n) is 11.8. The summed E-state index contributed by atoms with van der Waals surface area (Å²) in [6.07, 6.45) is 2.75. The van der Waals surface area contributed by atoms with Crippen molar-refractivity contribution >= 4 is 41.1 Å². The zero-order chi connectivity index (χ0) is 69.9. The number of unbranched alkanes of at least 4 members (excludes halogenated alkanes) is 14. The van der Waals surface area contributed by atoms with E-state index in [0.29, 0.717) is 142 Å².